The SMILES string of the molecule is CCCc1cc(N2C[CH]CC2)nc(Nc2ccc3cc[nH]c3c2)n1. The van der Waals surface area contributed by atoms with Gasteiger partial charge < -0.3 is 15.2 Å². The quantitative estimate of drug-likeness (QED) is 0.744. The summed E-state index contributed by atoms with van der Waals surface area (Å²) >= 11 is 0. The van der Waals surface area contributed by atoms with Crippen LogP contribution < -0.4 is 10.2 Å². The van der Waals surface area contributed by atoms with E-state index in [0.29, 0.717) is 5.95 Å². The molecule has 0 aliphatic carbocycles. The molecule has 24 heavy (non-hydrogen) atoms. The van der Waals surface area contributed by atoms with Crippen LogP contribution in [0.2, 0.25) is 0 Å². The molecule has 0 bridgehead atoms. The smallest absolute Gasteiger partial charge is 0.229 e. The number of nitrogens with zero attached hydrogens (tertiary/aromatic N) is 3. The minimum atomic E-state index is 0.675. The van der Waals surface area contributed by atoms with E-state index in [0.717, 1.165) is 55.1 Å². The Labute approximate surface area is 142 Å². The van der Waals surface area contributed by atoms with Gasteiger partial charge in [-0.15, -0.1) is 0 Å². The fourth-order valence-electron chi connectivity index (χ4n) is 3.13. The first-order chi connectivity index (χ1) is 11.8. The highest BCUT2D eigenvalue weighted by Gasteiger charge is 2.16. The summed E-state index contributed by atoms with van der Waals surface area (Å²) in [7, 11) is 0. The Hall–Kier alpha value is -2.56. The van der Waals surface area contributed by atoms with E-state index in [1.54, 1.807) is 0 Å². The maximum atomic E-state index is 4.73. The Morgan fingerprint density at radius 2 is 2.17 bits per heavy atom. The van der Waals surface area contributed by atoms with Crippen LogP contribution in [0, 0.1) is 6.42 Å². The summed E-state index contributed by atoms with van der Waals surface area (Å²) in [5.41, 5.74) is 3.20. The van der Waals surface area contributed by atoms with Crippen molar-refractivity contribution in [3.63, 3.8) is 0 Å². The van der Waals surface area contributed by atoms with Crippen molar-refractivity contribution in [2.75, 3.05) is 23.3 Å². The van der Waals surface area contributed by atoms with Gasteiger partial charge in [0.2, 0.25) is 5.95 Å². The Morgan fingerprint density at radius 3 is 3.00 bits per heavy atom. The van der Waals surface area contributed by atoms with Crippen LogP contribution in [-0.4, -0.2) is 28.0 Å². The fourth-order valence-corrected chi connectivity index (χ4v) is 3.13. The van der Waals surface area contributed by atoms with Crippen LogP contribution in [0.5, 0.6) is 0 Å². The van der Waals surface area contributed by atoms with Gasteiger partial charge in [-0.2, -0.15) is 4.98 Å². The van der Waals surface area contributed by atoms with Crippen LogP contribution in [0.4, 0.5) is 17.5 Å². The molecular formula is C19H22N5. The first kappa shape index (κ1) is 15.0. The van der Waals surface area contributed by atoms with Gasteiger partial charge in [-0.1, -0.05) is 19.4 Å². The maximum Gasteiger partial charge on any atom is 0.229 e. The Kier molecular flexibility index (Phi) is 4.07. The number of H-pyrrole nitrogens is 1. The molecule has 5 heteroatoms. The number of benzene rings is 1. The molecule has 3 aromatic rings. The lowest BCUT2D eigenvalue weighted by Gasteiger charge is -2.18. The van der Waals surface area contributed by atoms with Crippen LogP contribution >= 0.6 is 0 Å². The maximum absolute atomic E-state index is 4.73. The Balaban J connectivity index is 1.64. The Morgan fingerprint density at radius 1 is 1.21 bits per heavy atom. The van der Waals surface area contributed by atoms with E-state index < -0.39 is 0 Å². The predicted octanol–water partition coefficient (Wildman–Crippen LogP) is 4.07. The van der Waals surface area contributed by atoms with E-state index in [1.807, 2.05) is 6.20 Å². The lowest BCUT2D eigenvalue weighted by Crippen LogP contribution is -2.20. The Bertz CT molecular complexity index is 833. The van der Waals surface area contributed by atoms with Crippen molar-refractivity contribution >= 4 is 28.4 Å². The number of aromatic amines is 1. The normalized spacial score (nSPS) is 14.5. The largest absolute Gasteiger partial charge is 0.361 e. The van der Waals surface area contributed by atoms with Gasteiger partial charge in [0, 0.05) is 42.3 Å². The van der Waals surface area contributed by atoms with Crippen LogP contribution in [0.25, 0.3) is 10.9 Å². The first-order valence-corrected chi connectivity index (χ1v) is 8.60. The van der Waals surface area contributed by atoms with Crippen LogP contribution in [0.1, 0.15) is 25.5 Å². The van der Waals surface area contributed by atoms with Gasteiger partial charge in [-0.05, 0) is 42.8 Å². The summed E-state index contributed by atoms with van der Waals surface area (Å²) < 4.78 is 0. The molecule has 0 unspecified atom stereocenters. The number of hydrogen-bond donors (Lipinski definition) is 2. The number of aromatic nitrogens is 3. The molecule has 0 amide bonds. The van der Waals surface area contributed by atoms with Crippen molar-refractivity contribution in [2.45, 2.75) is 26.2 Å². The van der Waals surface area contributed by atoms with Crippen molar-refractivity contribution in [1.29, 1.82) is 0 Å². The molecule has 0 atom stereocenters. The average molecular weight is 320 g/mol. The summed E-state index contributed by atoms with van der Waals surface area (Å²) in [4.78, 5) is 15.0. The van der Waals surface area contributed by atoms with Gasteiger partial charge in [0.05, 0.1) is 0 Å². The molecule has 1 radical (unpaired) electrons. The van der Waals surface area contributed by atoms with Crippen LogP contribution in [0.3, 0.4) is 0 Å². The van der Waals surface area contributed by atoms with Crippen molar-refractivity contribution in [1.82, 2.24) is 15.0 Å². The molecule has 1 fully saturated rings. The monoisotopic (exact) mass is 320 g/mol. The van der Waals surface area contributed by atoms with Crippen LogP contribution in [0.15, 0.2) is 36.5 Å². The highest BCUT2D eigenvalue weighted by atomic mass is 15.2. The highest BCUT2D eigenvalue weighted by Crippen LogP contribution is 2.24. The molecule has 2 aromatic heterocycles. The van der Waals surface area contributed by atoms with E-state index in [1.165, 1.54) is 5.39 Å². The molecule has 3 heterocycles. The van der Waals surface area contributed by atoms with Gasteiger partial charge >= 0.3 is 0 Å². The number of rotatable bonds is 5. The number of nitrogens with one attached hydrogen (secondary N) is 2. The summed E-state index contributed by atoms with van der Waals surface area (Å²) in [5.74, 6) is 1.69. The molecule has 1 aliphatic heterocycles. The summed E-state index contributed by atoms with van der Waals surface area (Å²) in [6.45, 7) is 4.19. The van der Waals surface area contributed by atoms with E-state index in [4.69, 9.17) is 4.98 Å². The number of anilines is 3. The number of fused-ring (bicyclic) bond motifs is 1. The molecule has 4 rings (SSSR count). The van der Waals surface area contributed by atoms with Crippen molar-refractivity contribution in [2.24, 2.45) is 0 Å². The van der Waals surface area contributed by atoms with Crippen LogP contribution in [-0.2, 0) is 6.42 Å². The van der Waals surface area contributed by atoms with Crippen molar-refractivity contribution in [3.8, 4) is 0 Å². The van der Waals surface area contributed by atoms with E-state index in [9.17, 15) is 0 Å². The predicted molar refractivity (Wildman–Crippen MR) is 98.7 cm³/mol. The van der Waals surface area contributed by atoms with Crippen molar-refractivity contribution in [3.05, 3.63) is 48.6 Å². The molecule has 2 N–H and O–H groups in total. The third kappa shape index (κ3) is 3.07. The second kappa shape index (κ2) is 6.51. The lowest BCUT2D eigenvalue weighted by atomic mass is 10.2. The minimum absolute atomic E-state index is 0.675. The minimum Gasteiger partial charge on any atom is -0.361 e. The summed E-state index contributed by atoms with van der Waals surface area (Å²) in [6.07, 6.45) is 7.43. The molecule has 123 valence electrons. The third-order valence-electron chi connectivity index (χ3n) is 4.36. The number of aryl methyl sites for hydroxylation is 1. The molecule has 0 saturated carbocycles. The first-order valence-electron chi connectivity index (χ1n) is 8.60. The van der Waals surface area contributed by atoms with E-state index >= 15 is 0 Å². The standard InChI is InChI=1S/C19H22N5/c1-2-5-15-13-18(24-10-3-4-11-24)23-19(21-15)22-16-7-6-14-8-9-20-17(14)12-16/h3,6-9,12-13,20H,2,4-5,10-11H2,1H3,(H,21,22,23). The number of hydrogen-bond acceptors (Lipinski definition) is 4. The van der Waals surface area contributed by atoms with E-state index in [-0.39, 0.29) is 0 Å². The van der Waals surface area contributed by atoms with Gasteiger partial charge in [0.1, 0.15) is 5.82 Å². The molecule has 0 spiro atoms. The van der Waals surface area contributed by atoms with Gasteiger partial charge in [0.25, 0.3) is 0 Å². The molecule has 5 nitrogen and oxygen atoms in total. The zero-order valence-electron chi connectivity index (χ0n) is 13.9. The highest BCUT2D eigenvalue weighted by molar-refractivity contribution is 5.83. The van der Waals surface area contributed by atoms with Gasteiger partial charge in [0.15, 0.2) is 0 Å². The second-order valence-corrected chi connectivity index (χ2v) is 6.22. The lowest BCUT2D eigenvalue weighted by molar-refractivity contribution is 0.860. The fraction of sp³-hybridized carbons (Fsp3) is 0.316. The molecular weight excluding hydrogens is 298 g/mol. The second-order valence-electron chi connectivity index (χ2n) is 6.22. The zero-order chi connectivity index (χ0) is 16.4. The van der Waals surface area contributed by atoms with Crippen molar-refractivity contribution < 1.29 is 0 Å². The molecule has 1 aliphatic rings. The summed E-state index contributed by atoms with van der Waals surface area (Å²) in [6, 6.07) is 10.5. The van der Waals surface area contributed by atoms with Gasteiger partial charge in [-0.25, -0.2) is 4.98 Å². The average Bonchev–Trinajstić information content (AvgIpc) is 3.26. The molecule has 1 aromatic carbocycles. The third-order valence-corrected chi connectivity index (χ3v) is 4.36. The summed E-state index contributed by atoms with van der Waals surface area (Å²) in [5, 5.41) is 4.57. The zero-order valence-corrected chi connectivity index (χ0v) is 13.9. The van der Waals surface area contributed by atoms with Gasteiger partial charge in [-0.3, -0.25) is 0 Å². The topological polar surface area (TPSA) is 56.8 Å². The molecule has 1 saturated heterocycles. The van der Waals surface area contributed by atoms with E-state index in [2.05, 4.69) is 63.9 Å².